The third kappa shape index (κ3) is 3.71. The van der Waals surface area contributed by atoms with E-state index in [9.17, 15) is 14.4 Å². The van der Waals surface area contributed by atoms with E-state index in [-0.39, 0.29) is 11.7 Å². The number of nitrogens with one attached hydrogen (secondary N) is 2. The smallest absolute Gasteiger partial charge is 0.322 e. The molecular formula is C19H22N6O3S. The van der Waals surface area contributed by atoms with E-state index >= 15 is 0 Å². The summed E-state index contributed by atoms with van der Waals surface area (Å²) in [5, 5.41) is 12.1. The summed E-state index contributed by atoms with van der Waals surface area (Å²) in [4.78, 5) is 37.4. The third-order valence-corrected chi connectivity index (χ3v) is 6.27. The molecule has 4 rings (SSSR count). The van der Waals surface area contributed by atoms with Crippen LogP contribution in [0.2, 0.25) is 0 Å². The van der Waals surface area contributed by atoms with Crippen molar-refractivity contribution in [3.8, 4) is 5.69 Å². The molecule has 1 saturated carbocycles. The zero-order valence-corrected chi connectivity index (χ0v) is 16.9. The number of benzene rings is 1. The van der Waals surface area contributed by atoms with Gasteiger partial charge in [-0.15, -0.1) is 10.2 Å². The SMILES string of the molecule is Cc1ccccc1-n1cnnc1SCC(=O)NN1C(=O)NC2(CCCCC2)C1=O. The number of hydrogen-bond donors (Lipinski definition) is 2. The van der Waals surface area contributed by atoms with Crippen LogP contribution in [-0.2, 0) is 9.59 Å². The second-order valence-corrected chi connectivity index (χ2v) is 8.25. The average molecular weight is 414 g/mol. The maximum Gasteiger partial charge on any atom is 0.344 e. The second kappa shape index (κ2) is 7.86. The van der Waals surface area contributed by atoms with Gasteiger partial charge in [-0.1, -0.05) is 49.2 Å². The van der Waals surface area contributed by atoms with Gasteiger partial charge in [0.25, 0.3) is 5.91 Å². The molecular weight excluding hydrogens is 392 g/mol. The molecule has 2 N–H and O–H groups in total. The average Bonchev–Trinajstić information content (AvgIpc) is 3.26. The van der Waals surface area contributed by atoms with Gasteiger partial charge in [-0.2, -0.15) is 5.01 Å². The fraction of sp³-hybridized carbons (Fsp3) is 0.421. The Kier molecular flexibility index (Phi) is 5.27. The number of amides is 4. The summed E-state index contributed by atoms with van der Waals surface area (Å²) in [6, 6.07) is 7.22. The Morgan fingerprint density at radius 2 is 2.00 bits per heavy atom. The van der Waals surface area contributed by atoms with Gasteiger partial charge in [0.05, 0.1) is 11.4 Å². The van der Waals surface area contributed by atoms with Crippen molar-refractivity contribution >= 4 is 29.6 Å². The Hall–Kier alpha value is -2.88. The highest BCUT2D eigenvalue weighted by Crippen LogP contribution is 2.33. The fourth-order valence-corrected chi connectivity index (χ4v) is 4.54. The van der Waals surface area contributed by atoms with Crippen molar-refractivity contribution in [1.82, 2.24) is 30.5 Å². The van der Waals surface area contributed by atoms with Crippen LogP contribution in [0.1, 0.15) is 37.7 Å². The van der Waals surface area contributed by atoms with Crippen molar-refractivity contribution in [2.45, 2.75) is 49.7 Å². The zero-order chi connectivity index (χ0) is 20.4. The highest BCUT2D eigenvalue weighted by molar-refractivity contribution is 7.99. The fourth-order valence-electron chi connectivity index (χ4n) is 3.82. The molecule has 29 heavy (non-hydrogen) atoms. The van der Waals surface area contributed by atoms with E-state index in [0.717, 1.165) is 35.5 Å². The van der Waals surface area contributed by atoms with Crippen LogP contribution in [-0.4, -0.2) is 48.9 Å². The first-order valence-electron chi connectivity index (χ1n) is 9.55. The van der Waals surface area contributed by atoms with E-state index in [4.69, 9.17) is 0 Å². The summed E-state index contributed by atoms with van der Waals surface area (Å²) in [5.74, 6) is -0.830. The van der Waals surface area contributed by atoms with Gasteiger partial charge in [0.1, 0.15) is 11.9 Å². The minimum atomic E-state index is -0.860. The predicted molar refractivity (Wildman–Crippen MR) is 106 cm³/mol. The molecule has 2 heterocycles. The zero-order valence-electron chi connectivity index (χ0n) is 16.1. The summed E-state index contributed by atoms with van der Waals surface area (Å²) in [5.41, 5.74) is 3.55. The summed E-state index contributed by atoms with van der Waals surface area (Å²) in [6.07, 6.45) is 5.63. The lowest BCUT2D eigenvalue weighted by atomic mass is 9.82. The highest BCUT2D eigenvalue weighted by Gasteiger charge is 2.52. The molecule has 1 aromatic heterocycles. The van der Waals surface area contributed by atoms with Crippen molar-refractivity contribution in [1.29, 1.82) is 0 Å². The Morgan fingerprint density at radius 3 is 2.76 bits per heavy atom. The van der Waals surface area contributed by atoms with Crippen LogP contribution in [0.4, 0.5) is 4.79 Å². The molecule has 1 saturated heterocycles. The van der Waals surface area contributed by atoms with E-state index in [1.807, 2.05) is 31.2 Å². The molecule has 1 aliphatic heterocycles. The monoisotopic (exact) mass is 414 g/mol. The van der Waals surface area contributed by atoms with E-state index in [1.165, 1.54) is 11.8 Å². The van der Waals surface area contributed by atoms with Crippen molar-refractivity contribution < 1.29 is 14.4 Å². The van der Waals surface area contributed by atoms with Crippen LogP contribution in [0.15, 0.2) is 35.7 Å². The number of hydrazine groups is 1. The number of imide groups is 1. The number of urea groups is 1. The summed E-state index contributed by atoms with van der Waals surface area (Å²) in [7, 11) is 0. The van der Waals surface area contributed by atoms with Gasteiger partial charge in [0, 0.05) is 0 Å². The van der Waals surface area contributed by atoms with E-state index in [0.29, 0.717) is 18.0 Å². The molecule has 10 heteroatoms. The molecule has 2 aromatic rings. The van der Waals surface area contributed by atoms with Crippen molar-refractivity contribution in [3.63, 3.8) is 0 Å². The Labute approximate surface area is 172 Å². The van der Waals surface area contributed by atoms with Crippen LogP contribution in [0.3, 0.4) is 0 Å². The molecule has 0 radical (unpaired) electrons. The van der Waals surface area contributed by atoms with Gasteiger partial charge in [0.15, 0.2) is 5.16 Å². The molecule has 0 bridgehead atoms. The molecule has 152 valence electrons. The van der Waals surface area contributed by atoms with E-state index in [2.05, 4.69) is 20.9 Å². The molecule has 0 atom stereocenters. The number of hydrogen-bond acceptors (Lipinski definition) is 6. The van der Waals surface area contributed by atoms with Gasteiger partial charge in [-0.05, 0) is 31.4 Å². The van der Waals surface area contributed by atoms with E-state index < -0.39 is 17.5 Å². The first kappa shape index (κ1) is 19.4. The minimum absolute atomic E-state index is 0.00532. The lowest BCUT2D eigenvalue weighted by molar-refractivity contribution is -0.139. The maximum atomic E-state index is 12.7. The molecule has 2 aliphatic rings. The maximum absolute atomic E-state index is 12.7. The molecule has 2 fully saturated rings. The van der Waals surface area contributed by atoms with Crippen LogP contribution in [0, 0.1) is 6.92 Å². The Morgan fingerprint density at radius 1 is 1.24 bits per heavy atom. The molecule has 0 unspecified atom stereocenters. The lowest BCUT2D eigenvalue weighted by Crippen LogP contribution is -2.51. The van der Waals surface area contributed by atoms with Gasteiger partial charge >= 0.3 is 6.03 Å². The summed E-state index contributed by atoms with van der Waals surface area (Å²) >= 11 is 1.19. The molecule has 4 amide bonds. The number of aryl methyl sites for hydroxylation is 1. The number of nitrogens with zero attached hydrogens (tertiary/aromatic N) is 4. The number of carbonyl (C=O) groups is 3. The van der Waals surface area contributed by atoms with Crippen molar-refractivity contribution in [3.05, 3.63) is 36.2 Å². The number of aromatic nitrogens is 3. The van der Waals surface area contributed by atoms with Crippen molar-refractivity contribution in [2.75, 3.05) is 5.75 Å². The predicted octanol–water partition coefficient (Wildman–Crippen LogP) is 1.95. The minimum Gasteiger partial charge on any atom is -0.322 e. The second-order valence-electron chi connectivity index (χ2n) is 7.31. The summed E-state index contributed by atoms with van der Waals surface area (Å²) < 4.78 is 1.80. The molecule has 1 aliphatic carbocycles. The molecule has 1 aromatic carbocycles. The Bertz CT molecular complexity index is 953. The molecule has 9 nitrogen and oxygen atoms in total. The van der Waals surface area contributed by atoms with Crippen LogP contribution >= 0.6 is 11.8 Å². The first-order chi connectivity index (χ1) is 14.0. The largest absolute Gasteiger partial charge is 0.344 e. The number of thioether (sulfide) groups is 1. The normalized spacial score (nSPS) is 18.2. The first-order valence-corrected chi connectivity index (χ1v) is 10.5. The third-order valence-electron chi connectivity index (χ3n) is 5.33. The highest BCUT2D eigenvalue weighted by atomic mass is 32.2. The quantitative estimate of drug-likeness (QED) is 0.572. The number of carbonyl (C=O) groups excluding carboxylic acids is 3. The van der Waals surface area contributed by atoms with Crippen molar-refractivity contribution in [2.24, 2.45) is 0 Å². The topological polar surface area (TPSA) is 109 Å². The number of rotatable bonds is 5. The van der Waals surface area contributed by atoms with Crippen LogP contribution in [0.25, 0.3) is 5.69 Å². The lowest BCUT2D eigenvalue weighted by Gasteiger charge is -2.30. The standard InChI is InChI=1S/C19H22N6O3S/c1-13-7-3-4-8-14(13)24-12-20-22-18(24)29-11-15(26)23-25-16(27)19(21-17(25)28)9-5-2-6-10-19/h3-4,7-8,12H,2,5-6,9-11H2,1H3,(H,21,28)(H,23,26). The van der Waals surface area contributed by atoms with Crippen LogP contribution < -0.4 is 10.7 Å². The van der Waals surface area contributed by atoms with Gasteiger partial charge in [-0.25, -0.2) is 4.79 Å². The van der Waals surface area contributed by atoms with Gasteiger partial charge in [-0.3, -0.25) is 19.6 Å². The molecule has 1 spiro atoms. The Balaban J connectivity index is 1.39. The summed E-state index contributed by atoms with van der Waals surface area (Å²) in [6.45, 7) is 1.98. The van der Waals surface area contributed by atoms with Gasteiger partial charge < -0.3 is 5.32 Å². The van der Waals surface area contributed by atoms with Gasteiger partial charge in [0.2, 0.25) is 5.91 Å². The van der Waals surface area contributed by atoms with Crippen LogP contribution in [0.5, 0.6) is 0 Å². The number of para-hydroxylation sites is 1. The van der Waals surface area contributed by atoms with E-state index in [1.54, 1.807) is 10.9 Å².